The zero-order valence-electron chi connectivity index (χ0n) is 11.9. The third-order valence-corrected chi connectivity index (χ3v) is 3.32. The maximum Gasteiger partial charge on any atom is 0.422 e. The van der Waals surface area contributed by atoms with E-state index in [1.54, 1.807) is 0 Å². The fourth-order valence-corrected chi connectivity index (χ4v) is 2.27. The Labute approximate surface area is 139 Å². The summed E-state index contributed by atoms with van der Waals surface area (Å²) >= 11 is 5.02. The number of halogens is 3. The molecule has 0 aliphatic heterocycles. The predicted octanol–water partition coefficient (Wildman–Crippen LogP) is 3.68. The summed E-state index contributed by atoms with van der Waals surface area (Å²) in [7, 11) is 0. The minimum atomic E-state index is -4.44. The summed E-state index contributed by atoms with van der Waals surface area (Å²) in [5.74, 6) is 0.0102. The third kappa shape index (κ3) is 3.65. The van der Waals surface area contributed by atoms with Crippen LogP contribution < -0.4 is 10.5 Å². The zero-order valence-corrected chi connectivity index (χ0v) is 12.8. The van der Waals surface area contributed by atoms with Gasteiger partial charge < -0.3 is 15.5 Å². The molecule has 0 saturated heterocycles. The number of pyridine rings is 1. The second-order valence-corrected chi connectivity index (χ2v) is 5.05. The fraction of sp³-hybridized carbons (Fsp3) is 0.133. The lowest BCUT2D eigenvalue weighted by atomic mass is 9.97. The first kappa shape index (κ1) is 17.3. The van der Waals surface area contributed by atoms with Crippen LogP contribution in [-0.2, 0) is 0 Å². The minimum absolute atomic E-state index is 0.00199. The minimum Gasteiger partial charge on any atom is -0.484 e. The van der Waals surface area contributed by atoms with Crippen molar-refractivity contribution in [2.75, 3.05) is 12.3 Å². The van der Waals surface area contributed by atoms with Crippen LogP contribution >= 0.6 is 12.2 Å². The van der Waals surface area contributed by atoms with Gasteiger partial charge in [0, 0.05) is 5.56 Å². The van der Waals surface area contributed by atoms with Gasteiger partial charge in [-0.2, -0.15) is 23.7 Å². The molecule has 0 saturated carbocycles. The van der Waals surface area contributed by atoms with Crippen LogP contribution in [0.15, 0.2) is 24.3 Å². The number of nitrogen functional groups attached to an aromatic ring is 1. The van der Waals surface area contributed by atoms with E-state index < -0.39 is 12.8 Å². The van der Waals surface area contributed by atoms with E-state index in [0.29, 0.717) is 5.56 Å². The molecule has 9 heteroatoms. The van der Waals surface area contributed by atoms with Gasteiger partial charge in [0.05, 0.1) is 5.56 Å². The number of nitriles is 2. The van der Waals surface area contributed by atoms with Gasteiger partial charge in [-0.15, -0.1) is 0 Å². The second kappa shape index (κ2) is 6.60. The number of nitrogens with zero attached hydrogens (tertiary/aromatic N) is 2. The highest BCUT2D eigenvalue weighted by atomic mass is 32.1. The summed E-state index contributed by atoms with van der Waals surface area (Å²) in [5, 5.41) is 18.5. The number of hydrogen-bond donors (Lipinski definition) is 2. The second-order valence-electron chi connectivity index (χ2n) is 4.64. The van der Waals surface area contributed by atoms with Crippen LogP contribution in [0, 0.1) is 27.3 Å². The average molecular weight is 350 g/mol. The van der Waals surface area contributed by atoms with Crippen LogP contribution in [0.25, 0.3) is 11.1 Å². The molecule has 0 fully saturated rings. The zero-order chi connectivity index (χ0) is 17.9. The number of hydrogen-bond acceptors (Lipinski definition) is 5. The third-order valence-electron chi connectivity index (χ3n) is 3.01. The smallest absolute Gasteiger partial charge is 0.422 e. The number of rotatable bonds is 3. The molecule has 1 aromatic heterocycles. The van der Waals surface area contributed by atoms with E-state index in [1.165, 1.54) is 24.3 Å². The van der Waals surface area contributed by atoms with Crippen molar-refractivity contribution in [2.45, 2.75) is 6.18 Å². The number of ether oxygens (including phenoxy) is 1. The molecule has 2 aromatic rings. The largest absolute Gasteiger partial charge is 0.484 e. The number of nitrogens with one attached hydrogen (secondary N) is 1. The molecule has 5 nitrogen and oxygen atoms in total. The average Bonchev–Trinajstić information content (AvgIpc) is 2.52. The number of aromatic nitrogens is 1. The van der Waals surface area contributed by atoms with Crippen molar-refractivity contribution in [1.29, 1.82) is 10.5 Å². The van der Waals surface area contributed by atoms with Gasteiger partial charge >= 0.3 is 6.18 Å². The number of aromatic amines is 1. The van der Waals surface area contributed by atoms with E-state index in [1.807, 2.05) is 12.1 Å². The molecular formula is C15H9F3N4OS. The van der Waals surface area contributed by atoms with Crippen LogP contribution in [0.5, 0.6) is 5.75 Å². The van der Waals surface area contributed by atoms with Gasteiger partial charge in [0.15, 0.2) is 6.61 Å². The first-order valence-electron chi connectivity index (χ1n) is 6.42. The molecular weight excluding hydrogens is 341 g/mol. The molecule has 24 heavy (non-hydrogen) atoms. The van der Waals surface area contributed by atoms with Gasteiger partial charge in [-0.3, -0.25) is 0 Å². The molecule has 1 aromatic carbocycles. The summed E-state index contributed by atoms with van der Waals surface area (Å²) in [5.41, 5.74) is 6.44. The summed E-state index contributed by atoms with van der Waals surface area (Å²) in [6, 6.07) is 9.26. The van der Waals surface area contributed by atoms with Crippen LogP contribution in [0.3, 0.4) is 0 Å². The van der Waals surface area contributed by atoms with Crippen LogP contribution in [-0.4, -0.2) is 17.8 Å². The molecule has 0 amide bonds. The number of nitrogens with two attached hydrogens (primary N) is 1. The highest BCUT2D eigenvalue weighted by molar-refractivity contribution is 7.71. The Hall–Kier alpha value is -3.04. The molecule has 0 aliphatic carbocycles. The van der Waals surface area contributed by atoms with Gasteiger partial charge in [-0.1, -0.05) is 24.4 Å². The van der Waals surface area contributed by atoms with Gasteiger partial charge in [0.25, 0.3) is 0 Å². The van der Waals surface area contributed by atoms with Gasteiger partial charge in [-0.05, 0) is 17.7 Å². The molecule has 1 heterocycles. The summed E-state index contributed by atoms with van der Waals surface area (Å²) in [6.07, 6.45) is -4.44. The number of alkyl halides is 3. The van der Waals surface area contributed by atoms with Gasteiger partial charge in [-0.25, -0.2) is 0 Å². The lowest BCUT2D eigenvalue weighted by molar-refractivity contribution is -0.153. The summed E-state index contributed by atoms with van der Waals surface area (Å²) in [6.45, 7) is -1.41. The van der Waals surface area contributed by atoms with E-state index in [0.717, 1.165) is 0 Å². The quantitative estimate of drug-likeness (QED) is 0.823. The number of anilines is 1. The van der Waals surface area contributed by atoms with Crippen molar-refractivity contribution in [3.8, 4) is 29.0 Å². The van der Waals surface area contributed by atoms with Crippen molar-refractivity contribution in [2.24, 2.45) is 0 Å². The van der Waals surface area contributed by atoms with Crippen LogP contribution in [0.4, 0.5) is 19.0 Å². The Kier molecular flexibility index (Phi) is 4.77. The Morgan fingerprint density at radius 2 is 1.71 bits per heavy atom. The lowest BCUT2D eigenvalue weighted by Crippen LogP contribution is -2.19. The number of H-pyrrole nitrogens is 1. The van der Waals surface area contributed by atoms with Crippen LogP contribution in [0.1, 0.15) is 11.1 Å². The molecule has 0 spiro atoms. The van der Waals surface area contributed by atoms with Crippen molar-refractivity contribution < 1.29 is 17.9 Å². The lowest BCUT2D eigenvalue weighted by Gasteiger charge is -2.12. The Bertz CT molecular complexity index is 905. The standard InChI is InChI=1S/C15H9F3N4OS/c16-15(17,18)7-23-9-3-1-8(2-4-9)12-10(5-19)13(21)22-14(24)11(12)6-20/h1-4H,7H2,(H3,21,22,24). The molecule has 2 rings (SSSR count). The molecule has 0 aliphatic rings. The summed E-state index contributed by atoms with van der Waals surface area (Å²) in [4.78, 5) is 2.57. The predicted molar refractivity (Wildman–Crippen MR) is 82.5 cm³/mol. The monoisotopic (exact) mass is 350 g/mol. The maximum atomic E-state index is 12.1. The van der Waals surface area contributed by atoms with Crippen molar-refractivity contribution in [3.05, 3.63) is 40.0 Å². The topological polar surface area (TPSA) is 98.6 Å². The van der Waals surface area contributed by atoms with E-state index >= 15 is 0 Å². The molecule has 122 valence electrons. The van der Waals surface area contributed by atoms with Gasteiger partial charge in [0.1, 0.15) is 33.9 Å². The number of benzene rings is 1. The first-order valence-corrected chi connectivity index (χ1v) is 6.83. The summed E-state index contributed by atoms with van der Waals surface area (Å²) < 4.78 is 41.1. The van der Waals surface area contributed by atoms with E-state index in [4.69, 9.17) is 18.0 Å². The van der Waals surface area contributed by atoms with E-state index in [-0.39, 0.29) is 32.9 Å². The molecule has 3 N–H and O–H groups in total. The molecule has 0 atom stereocenters. The van der Waals surface area contributed by atoms with E-state index in [9.17, 15) is 23.7 Å². The normalized spacial score (nSPS) is 10.7. The SMILES string of the molecule is N#Cc1c(N)[nH]c(=S)c(C#N)c1-c1ccc(OCC(F)(F)F)cc1. The highest BCUT2D eigenvalue weighted by Crippen LogP contribution is 2.31. The molecule has 0 radical (unpaired) electrons. The van der Waals surface area contributed by atoms with E-state index in [2.05, 4.69) is 9.72 Å². The van der Waals surface area contributed by atoms with Crippen molar-refractivity contribution in [1.82, 2.24) is 4.98 Å². The van der Waals surface area contributed by atoms with Gasteiger partial charge in [0.2, 0.25) is 0 Å². The highest BCUT2D eigenvalue weighted by Gasteiger charge is 2.28. The van der Waals surface area contributed by atoms with Crippen molar-refractivity contribution in [3.63, 3.8) is 0 Å². The maximum absolute atomic E-state index is 12.1. The Balaban J connectivity index is 2.48. The molecule has 0 unspecified atom stereocenters. The first-order chi connectivity index (χ1) is 11.3. The molecule has 0 bridgehead atoms. The fourth-order valence-electron chi connectivity index (χ4n) is 2.01. The van der Waals surface area contributed by atoms with Crippen molar-refractivity contribution >= 4 is 18.0 Å². The Morgan fingerprint density at radius 1 is 1.12 bits per heavy atom. The van der Waals surface area contributed by atoms with Crippen LogP contribution in [0.2, 0.25) is 0 Å². The Morgan fingerprint density at radius 3 is 2.21 bits per heavy atom.